The van der Waals surface area contributed by atoms with E-state index in [-0.39, 0.29) is 0 Å². The molecule has 1 unspecified atom stereocenters. The lowest BCUT2D eigenvalue weighted by atomic mass is 9.72. The fourth-order valence-corrected chi connectivity index (χ4v) is 3.22. The van der Waals surface area contributed by atoms with Crippen LogP contribution >= 0.6 is 0 Å². The second-order valence-corrected chi connectivity index (χ2v) is 6.09. The zero-order valence-electron chi connectivity index (χ0n) is 14.0. The summed E-state index contributed by atoms with van der Waals surface area (Å²) in [4.78, 5) is 23.7. The van der Waals surface area contributed by atoms with Crippen LogP contribution in [0, 0.1) is 0 Å². The Kier molecular flexibility index (Phi) is 4.85. The molecule has 0 aliphatic carbocycles. The lowest BCUT2D eigenvalue weighted by Gasteiger charge is -2.29. The summed E-state index contributed by atoms with van der Waals surface area (Å²) in [5, 5.41) is 19.4. The molecule has 0 radical (unpaired) electrons. The van der Waals surface area contributed by atoms with E-state index in [0.717, 1.165) is 11.1 Å². The topological polar surface area (TPSA) is 74.6 Å². The molecule has 26 heavy (non-hydrogen) atoms. The highest BCUT2D eigenvalue weighted by Crippen LogP contribution is 2.37. The quantitative estimate of drug-likeness (QED) is 0.701. The minimum absolute atomic E-state index is 0.443. The summed E-state index contributed by atoms with van der Waals surface area (Å²) in [6.45, 7) is 0. The largest absolute Gasteiger partial charge is 0.481 e. The lowest BCUT2D eigenvalue weighted by molar-refractivity contribution is -0.148. The standard InChI is InChI=1S/C22H18O4/c23-20(24)15-22(21(25)26,18-9-5-2-6-10-18)19-13-11-17(12-14-19)16-7-3-1-4-8-16/h1-14H,15H2,(H,23,24)(H,25,26). The molecule has 0 saturated carbocycles. The fourth-order valence-electron chi connectivity index (χ4n) is 3.22. The Morgan fingerprint density at radius 2 is 1.12 bits per heavy atom. The van der Waals surface area contributed by atoms with E-state index in [4.69, 9.17) is 0 Å². The third kappa shape index (κ3) is 3.22. The summed E-state index contributed by atoms with van der Waals surface area (Å²) >= 11 is 0. The Bertz CT molecular complexity index is 902. The first-order chi connectivity index (χ1) is 12.5. The van der Waals surface area contributed by atoms with Gasteiger partial charge >= 0.3 is 11.9 Å². The van der Waals surface area contributed by atoms with Crippen LogP contribution in [0.5, 0.6) is 0 Å². The van der Waals surface area contributed by atoms with Crippen molar-refractivity contribution in [1.82, 2.24) is 0 Å². The summed E-state index contributed by atoms with van der Waals surface area (Å²) in [5.41, 5.74) is 1.21. The van der Waals surface area contributed by atoms with Gasteiger partial charge in [0.2, 0.25) is 0 Å². The molecule has 130 valence electrons. The Morgan fingerprint density at radius 1 is 0.654 bits per heavy atom. The van der Waals surface area contributed by atoms with E-state index < -0.39 is 23.8 Å². The molecule has 4 nitrogen and oxygen atoms in total. The molecule has 0 saturated heterocycles. The molecule has 4 heteroatoms. The number of hydrogen-bond acceptors (Lipinski definition) is 2. The highest BCUT2D eigenvalue weighted by atomic mass is 16.4. The summed E-state index contributed by atoms with van der Waals surface area (Å²) < 4.78 is 0. The third-order valence-corrected chi connectivity index (χ3v) is 4.53. The average molecular weight is 346 g/mol. The Balaban J connectivity index is 2.13. The predicted octanol–water partition coefficient (Wildman–Crippen LogP) is 4.20. The van der Waals surface area contributed by atoms with Gasteiger partial charge in [-0.15, -0.1) is 0 Å². The van der Waals surface area contributed by atoms with Gasteiger partial charge in [0.05, 0.1) is 6.42 Å². The predicted molar refractivity (Wildman–Crippen MR) is 99.0 cm³/mol. The third-order valence-electron chi connectivity index (χ3n) is 4.53. The van der Waals surface area contributed by atoms with Gasteiger partial charge in [-0.1, -0.05) is 84.9 Å². The number of hydrogen-bond donors (Lipinski definition) is 2. The molecule has 3 rings (SSSR count). The monoisotopic (exact) mass is 346 g/mol. The molecule has 0 fully saturated rings. The molecule has 0 aliphatic heterocycles. The summed E-state index contributed by atoms with van der Waals surface area (Å²) in [6, 6.07) is 25.3. The van der Waals surface area contributed by atoms with Gasteiger partial charge in [-0.2, -0.15) is 0 Å². The van der Waals surface area contributed by atoms with Gasteiger partial charge < -0.3 is 10.2 Å². The maximum absolute atomic E-state index is 12.2. The normalized spacial score (nSPS) is 12.9. The number of benzene rings is 3. The molecule has 3 aromatic carbocycles. The van der Waals surface area contributed by atoms with Crippen molar-refractivity contribution in [3.05, 3.63) is 96.1 Å². The molecule has 0 spiro atoms. The van der Waals surface area contributed by atoms with Gasteiger partial charge in [0.25, 0.3) is 0 Å². The van der Waals surface area contributed by atoms with E-state index in [2.05, 4.69) is 0 Å². The van der Waals surface area contributed by atoms with E-state index in [1.54, 1.807) is 42.5 Å². The summed E-state index contributed by atoms with van der Waals surface area (Å²) in [5.74, 6) is -2.35. The molecule has 3 aromatic rings. The molecule has 0 aliphatic rings. The van der Waals surface area contributed by atoms with Crippen LogP contribution in [0.1, 0.15) is 17.5 Å². The van der Waals surface area contributed by atoms with E-state index >= 15 is 0 Å². The highest BCUT2D eigenvalue weighted by molar-refractivity contribution is 5.91. The second kappa shape index (κ2) is 7.23. The first-order valence-electron chi connectivity index (χ1n) is 8.21. The Labute approximate surface area is 151 Å². The Hall–Kier alpha value is -3.40. The zero-order chi connectivity index (χ0) is 18.6. The smallest absolute Gasteiger partial charge is 0.319 e. The van der Waals surface area contributed by atoms with Crippen LogP contribution in [0.15, 0.2) is 84.9 Å². The van der Waals surface area contributed by atoms with Crippen LogP contribution in [-0.2, 0) is 15.0 Å². The number of rotatable bonds is 6. The molecule has 0 bridgehead atoms. The van der Waals surface area contributed by atoms with Crippen LogP contribution in [0.3, 0.4) is 0 Å². The van der Waals surface area contributed by atoms with Crippen molar-refractivity contribution in [2.45, 2.75) is 11.8 Å². The number of carbonyl (C=O) groups is 2. The molecule has 1 atom stereocenters. The van der Waals surface area contributed by atoms with Crippen molar-refractivity contribution in [3.63, 3.8) is 0 Å². The van der Waals surface area contributed by atoms with Gasteiger partial charge in [0, 0.05) is 0 Å². The second-order valence-electron chi connectivity index (χ2n) is 6.09. The van der Waals surface area contributed by atoms with Crippen molar-refractivity contribution in [2.24, 2.45) is 0 Å². The minimum Gasteiger partial charge on any atom is -0.481 e. The van der Waals surface area contributed by atoms with Gasteiger partial charge in [0.15, 0.2) is 0 Å². The highest BCUT2D eigenvalue weighted by Gasteiger charge is 2.44. The maximum Gasteiger partial charge on any atom is 0.319 e. The Morgan fingerprint density at radius 3 is 1.62 bits per heavy atom. The van der Waals surface area contributed by atoms with Crippen molar-refractivity contribution in [3.8, 4) is 11.1 Å². The van der Waals surface area contributed by atoms with Crippen LogP contribution < -0.4 is 0 Å². The van der Waals surface area contributed by atoms with E-state index in [1.807, 2.05) is 42.5 Å². The van der Waals surface area contributed by atoms with E-state index in [0.29, 0.717) is 11.1 Å². The lowest BCUT2D eigenvalue weighted by Crippen LogP contribution is -2.39. The van der Waals surface area contributed by atoms with Gasteiger partial charge in [-0.05, 0) is 22.3 Å². The average Bonchev–Trinajstić information content (AvgIpc) is 2.67. The van der Waals surface area contributed by atoms with Gasteiger partial charge in [-0.25, -0.2) is 0 Å². The van der Waals surface area contributed by atoms with Crippen molar-refractivity contribution < 1.29 is 19.8 Å². The number of carboxylic acids is 2. The van der Waals surface area contributed by atoms with E-state index in [9.17, 15) is 19.8 Å². The number of aliphatic carboxylic acids is 2. The van der Waals surface area contributed by atoms with Gasteiger partial charge in [-0.3, -0.25) is 9.59 Å². The van der Waals surface area contributed by atoms with Crippen LogP contribution in [-0.4, -0.2) is 22.2 Å². The van der Waals surface area contributed by atoms with Crippen LogP contribution in [0.2, 0.25) is 0 Å². The molecular formula is C22H18O4. The zero-order valence-corrected chi connectivity index (χ0v) is 14.0. The number of carboxylic acid groups (broad SMARTS) is 2. The molecule has 0 heterocycles. The van der Waals surface area contributed by atoms with Gasteiger partial charge in [0.1, 0.15) is 5.41 Å². The van der Waals surface area contributed by atoms with Crippen LogP contribution in [0.4, 0.5) is 0 Å². The molecule has 2 N–H and O–H groups in total. The minimum atomic E-state index is -1.64. The maximum atomic E-state index is 12.2. The summed E-state index contributed by atoms with van der Waals surface area (Å²) in [6.07, 6.45) is -0.531. The first kappa shape index (κ1) is 17.4. The van der Waals surface area contributed by atoms with Crippen LogP contribution in [0.25, 0.3) is 11.1 Å². The molecular weight excluding hydrogens is 328 g/mol. The first-order valence-corrected chi connectivity index (χ1v) is 8.21. The molecule has 0 amide bonds. The van der Waals surface area contributed by atoms with Crippen molar-refractivity contribution in [2.75, 3.05) is 0 Å². The summed E-state index contributed by atoms with van der Waals surface area (Å²) in [7, 11) is 0. The van der Waals surface area contributed by atoms with E-state index in [1.165, 1.54) is 0 Å². The van der Waals surface area contributed by atoms with Crippen molar-refractivity contribution >= 4 is 11.9 Å². The fraction of sp³-hybridized carbons (Fsp3) is 0.0909. The van der Waals surface area contributed by atoms with Crippen molar-refractivity contribution in [1.29, 1.82) is 0 Å². The SMILES string of the molecule is O=C(O)CC(C(=O)O)(c1ccccc1)c1ccc(-c2ccccc2)cc1. The molecule has 0 aromatic heterocycles.